The van der Waals surface area contributed by atoms with E-state index in [9.17, 15) is 9.59 Å². The van der Waals surface area contributed by atoms with Crippen LogP contribution in [0, 0.1) is 0 Å². The second kappa shape index (κ2) is 17.7. The van der Waals surface area contributed by atoms with Gasteiger partial charge in [0.05, 0.1) is 28.4 Å². The lowest BCUT2D eigenvalue weighted by Crippen LogP contribution is -2.34. The zero-order valence-corrected chi connectivity index (χ0v) is 33.6. The van der Waals surface area contributed by atoms with Gasteiger partial charge in [0.25, 0.3) is 11.8 Å². The van der Waals surface area contributed by atoms with Gasteiger partial charge < -0.3 is 18.9 Å². The number of carbonyl (C=O) groups excluding carboxylic acids is 2. The van der Waals surface area contributed by atoms with Crippen molar-refractivity contribution in [2.24, 2.45) is 9.98 Å². The summed E-state index contributed by atoms with van der Waals surface area (Å²) in [6.07, 6.45) is 6.76. The third kappa shape index (κ3) is 8.77. The van der Waals surface area contributed by atoms with Crippen molar-refractivity contribution >= 4 is 67.5 Å². The van der Waals surface area contributed by atoms with Crippen LogP contribution in [-0.2, 0) is 9.59 Å². The predicted octanol–water partition coefficient (Wildman–Crippen LogP) is 8.77. The summed E-state index contributed by atoms with van der Waals surface area (Å²) in [4.78, 5) is 40.7. The van der Waals surface area contributed by atoms with Gasteiger partial charge in [-0.2, -0.15) is 0 Å². The van der Waals surface area contributed by atoms with Gasteiger partial charge in [0, 0.05) is 33.2 Å². The number of hydrogen-bond acceptors (Lipinski definition) is 8. The number of nitrogens with zero attached hydrogens (tertiary/aromatic N) is 4. The van der Waals surface area contributed by atoms with Crippen LogP contribution in [0.15, 0.2) is 115 Å². The third-order valence-electron chi connectivity index (χ3n) is 8.99. The molecule has 2 aliphatic rings. The van der Waals surface area contributed by atoms with Crippen LogP contribution in [0.25, 0.3) is 12.2 Å². The van der Waals surface area contributed by atoms with Gasteiger partial charge in [-0.3, -0.25) is 19.4 Å². The van der Waals surface area contributed by atoms with E-state index in [1.165, 1.54) is 0 Å². The Hall–Kier alpha value is -5.20. The number of methoxy groups -OCH3 is 4. The van der Waals surface area contributed by atoms with E-state index in [0.717, 1.165) is 56.9 Å². The van der Waals surface area contributed by atoms with Gasteiger partial charge in [0.2, 0.25) is 0 Å². The van der Waals surface area contributed by atoms with E-state index in [0.29, 0.717) is 59.2 Å². The predicted molar refractivity (Wildman–Crippen MR) is 218 cm³/mol. The number of rotatable bonds is 15. The van der Waals surface area contributed by atoms with Crippen molar-refractivity contribution in [3.8, 4) is 23.0 Å². The highest BCUT2D eigenvalue weighted by Crippen LogP contribution is 2.32. The Kier molecular flexibility index (Phi) is 12.7. The van der Waals surface area contributed by atoms with Gasteiger partial charge in [-0.1, -0.05) is 81.1 Å². The zero-order chi connectivity index (χ0) is 38.2. The first kappa shape index (κ1) is 38.5. The first-order valence-electron chi connectivity index (χ1n) is 17.4. The van der Waals surface area contributed by atoms with Crippen LogP contribution < -0.4 is 18.9 Å². The van der Waals surface area contributed by atoms with E-state index < -0.39 is 0 Å². The van der Waals surface area contributed by atoms with Crippen LogP contribution in [0.4, 0.5) is 0 Å². The molecule has 4 aromatic rings. The standard InChI is InChI=1S/C42H40Br2N4O6/c1-51-35-17-15-27(23-37(35)53-3)21-33-41(49)47(39(45-33)29-11-9-13-31(43)25-29)19-7-5-6-8-20-48-40(30-12-10-14-32(44)26-30)46-34(42(48)50)22-28-16-18-36(52-2)38(24-28)54-4/h9-18,21-26H,5-8,19-20H2,1-4H3/b33-21-,34-22+. The highest BCUT2D eigenvalue weighted by Gasteiger charge is 2.32. The molecule has 6 rings (SSSR count). The first-order valence-corrected chi connectivity index (χ1v) is 19.0. The lowest BCUT2D eigenvalue weighted by molar-refractivity contribution is -0.123. The van der Waals surface area contributed by atoms with Crippen LogP contribution in [0.5, 0.6) is 23.0 Å². The Morgan fingerprint density at radius 2 is 0.944 bits per heavy atom. The van der Waals surface area contributed by atoms with Crippen LogP contribution in [0.3, 0.4) is 0 Å². The van der Waals surface area contributed by atoms with Crippen molar-refractivity contribution in [3.05, 3.63) is 128 Å². The number of benzene rings is 4. The molecule has 0 spiro atoms. The minimum atomic E-state index is -0.161. The zero-order valence-electron chi connectivity index (χ0n) is 30.5. The monoisotopic (exact) mass is 854 g/mol. The molecule has 0 unspecified atom stereocenters. The smallest absolute Gasteiger partial charge is 0.278 e. The molecule has 0 aromatic heterocycles. The molecule has 0 N–H and O–H groups in total. The molecule has 0 bridgehead atoms. The Morgan fingerprint density at radius 1 is 0.537 bits per heavy atom. The summed E-state index contributed by atoms with van der Waals surface area (Å²) in [6.45, 7) is 0.998. The Labute approximate surface area is 332 Å². The van der Waals surface area contributed by atoms with E-state index in [1.54, 1.807) is 62.5 Å². The van der Waals surface area contributed by atoms with E-state index in [-0.39, 0.29) is 11.8 Å². The molecule has 0 atom stereocenters. The molecule has 2 aliphatic heterocycles. The molecule has 0 saturated heterocycles. The maximum Gasteiger partial charge on any atom is 0.278 e. The van der Waals surface area contributed by atoms with Crippen LogP contribution in [0.1, 0.15) is 47.9 Å². The minimum Gasteiger partial charge on any atom is -0.493 e. The quantitative estimate of drug-likeness (QED) is 0.0876. The lowest BCUT2D eigenvalue weighted by Gasteiger charge is -2.20. The van der Waals surface area contributed by atoms with Crippen molar-refractivity contribution in [1.82, 2.24) is 9.80 Å². The number of carbonyl (C=O) groups is 2. The molecule has 2 amide bonds. The van der Waals surface area contributed by atoms with Gasteiger partial charge in [0.1, 0.15) is 23.1 Å². The molecule has 12 heteroatoms. The molecule has 0 saturated carbocycles. The van der Waals surface area contributed by atoms with Gasteiger partial charge in [-0.05, 0) is 84.7 Å². The summed E-state index contributed by atoms with van der Waals surface area (Å²) in [6, 6.07) is 26.6. The van der Waals surface area contributed by atoms with E-state index in [4.69, 9.17) is 28.9 Å². The van der Waals surface area contributed by atoms with Crippen LogP contribution in [0.2, 0.25) is 0 Å². The van der Waals surface area contributed by atoms with Crippen molar-refractivity contribution in [3.63, 3.8) is 0 Å². The average Bonchev–Trinajstić information content (AvgIpc) is 3.66. The fourth-order valence-electron chi connectivity index (χ4n) is 6.31. The number of hydrogen-bond donors (Lipinski definition) is 0. The second-order valence-electron chi connectivity index (χ2n) is 12.5. The third-order valence-corrected chi connectivity index (χ3v) is 9.98. The van der Waals surface area contributed by atoms with Crippen LogP contribution in [-0.4, -0.2) is 74.8 Å². The van der Waals surface area contributed by atoms with Crippen LogP contribution >= 0.6 is 31.9 Å². The number of unbranched alkanes of at least 4 members (excludes halogenated alkanes) is 3. The summed E-state index contributed by atoms with van der Waals surface area (Å²) in [7, 11) is 6.32. The molecule has 54 heavy (non-hydrogen) atoms. The number of aliphatic imine (C=N–C) groups is 2. The number of amidine groups is 2. The maximum absolute atomic E-state index is 13.8. The molecule has 4 aromatic carbocycles. The summed E-state index contributed by atoms with van der Waals surface area (Å²) in [5.74, 6) is 3.25. The lowest BCUT2D eigenvalue weighted by atomic mass is 10.1. The largest absolute Gasteiger partial charge is 0.493 e. The molecule has 10 nitrogen and oxygen atoms in total. The minimum absolute atomic E-state index is 0.161. The molecule has 2 heterocycles. The summed E-state index contributed by atoms with van der Waals surface area (Å²) >= 11 is 7.12. The normalized spacial score (nSPS) is 15.6. The van der Waals surface area contributed by atoms with Crippen molar-refractivity contribution in [1.29, 1.82) is 0 Å². The number of halogens is 2. The molecule has 278 valence electrons. The van der Waals surface area contributed by atoms with E-state index in [2.05, 4.69) is 31.9 Å². The Bertz CT molecular complexity index is 2030. The molecular formula is C42H40Br2N4O6. The van der Waals surface area contributed by atoms with Gasteiger partial charge >= 0.3 is 0 Å². The summed E-state index contributed by atoms with van der Waals surface area (Å²) in [5, 5.41) is 0. The highest BCUT2D eigenvalue weighted by atomic mass is 79.9. The molecular weight excluding hydrogens is 816 g/mol. The average molecular weight is 857 g/mol. The maximum atomic E-state index is 13.8. The molecule has 0 radical (unpaired) electrons. The summed E-state index contributed by atoms with van der Waals surface area (Å²) < 4.78 is 23.5. The Morgan fingerprint density at radius 3 is 1.31 bits per heavy atom. The molecule has 0 aliphatic carbocycles. The fourth-order valence-corrected chi connectivity index (χ4v) is 7.11. The van der Waals surface area contributed by atoms with Gasteiger partial charge in [0.15, 0.2) is 23.0 Å². The Balaban J connectivity index is 1.13. The number of amides is 2. The van der Waals surface area contributed by atoms with Gasteiger partial charge in [-0.25, -0.2) is 9.98 Å². The molecule has 0 fully saturated rings. The second-order valence-corrected chi connectivity index (χ2v) is 14.3. The van der Waals surface area contributed by atoms with Crippen molar-refractivity contribution < 1.29 is 28.5 Å². The van der Waals surface area contributed by atoms with E-state index in [1.807, 2.05) is 72.8 Å². The first-order chi connectivity index (χ1) is 26.2. The summed E-state index contributed by atoms with van der Waals surface area (Å²) in [5.41, 5.74) is 3.94. The fraction of sp³-hybridized carbons (Fsp3) is 0.238. The number of ether oxygens (including phenoxy) is 4. The van der Waals surface area contributed by atoms with Crippen molar-refractivity contribution in [2.75, 3.05) is 41.5 Å². The van der Waals surface area contributed by atoms with E-state index >= 15 is 0 Å². The highest BCUT2D eigenvalue weighted by molar-refractivity contribution is 9.10. The topological polar surface area (TPSA) is 102 Å². The van der Waals surface area contributed by atoms with Crippen molar-refractivity contribution in [2.45, 2.75) is 25.7 Å². The van der Waals surface area contributed by atoms with Gasteiger partial charge in [-0.15, -0.1) is 0 Å². The SMILES string of the molecule is COc1ccc(/C=C2\N=C(c3cccc(Br)c3)N(CCCCCCN3C(=O)/C(=C\c4ccc(OC)c(OC)c4)N=C3c3cccc(Br)c3)C2=O)cc1OC.